The highest BCUT2D eigenvalue weighted by Crippen LogP contribution is 2.30. The molecule has 2 atom stereocenters. The number of carbonyl (C=O) groups excluding carboxylic acids is 1. The van der Waals surface area contributed by atoms with Crippen molar-refractivity contribution in [3.05, 3.63) is 71.9 Å². The molecule has 1 amide bonds. The van der Waals surface area contributed by atoms with Crippen molar-refractivity contribution >= 4 is 5.91 Å². The van der Waals surface area contributed by atoms with Crippen molar-refractivity contribution in [3.8, 4) is 17.3 Å². The molecule has 0 bridgehead atoms. The molecule has 166 valence electrons. The van der Waals surface area contributed by atoms with Gasteiger partial charge in [0.2, 0.25) is 5.88 Å². The van der Waals surface area contributed by atoms with Crippen LogP contribution in [0.25, 0.3) is 11.4 Å². The number of carbonyl (C=O) groups is 1. The molecule has 1 fully saturated rings. The van der Waals surface area contributed by atoms with E-state index in [9.17, 15) is 9.18 Å². The summed E-state index contributed by atoms with van der Waals surface area (Å²) in [6.45, 7) is 5.21. The van der Waals surface area contributed by atoms with E-state index < -0.39 is 5.82 Å². The third-order valence-corrected chi connectivity index (χ3v) is 5.96. The zero-order valence-electron chi connectivity index (χ0n) is 18.4. The van der Waals surface area contributed by atoms with Crippen LogP contribution in [-0.2, 0) is 0 Å². The molecule has 0 spiro atoms. The lowest BCUT2D eigenvalue weighted by Gasteiger charge is -2.41. The van der Waals surface area contributed by atoms with Crippen LogP contribution in [0.5, 0.6) is 5.88 Å². The summed E-state index contributed by atoms with van der Waals surface area (Å²) < 4.78 is 19.0. The second-order valence-corrected chi connectivity index (χ2v) is 8.12. The lowest BCUT2D eigenvalue weighted by atomic mass is 9.87. The Morgan fingerprint density at radius 3 is 2.72 bits per heavy atom. The number of nitrogens with zero attached hydrogens (tertiary/aromatic N) is 4. The number of rotatable bonds is 6. The maximum Gasteiger partial charge on any atom is 0.254 e. The van der Waals surface area contributed by atoms with Crippen LogP contribution >= 0.6 is 0 Å². The lowest BCUT2D eigenvalue weighted by Crippen LogP contribution is -2.49. The number of hydrogen-bond donors (Lipinski definition) is 0. The van der Waals surface area contributed by atoms with E-state index in [1.807, 2.05) is 30.0 Å². The molecule has 2 aromatic heterocycles. The van der Waals surface area contributed by atoms with Crippen molar-refractivity contribution in [1.29, 1.82) is 0 Å². The van der Waals surface area contributed by atoms with E-state index in [-0.39, 0.29) is 17.9 Å². The van der Waals surface area contributed by atoms with E-state index in [1.54, 1.807) is 18.5 Å². The molecule has 1 aliphatic rings. The molecule has 1 aliphatic heterocycles. The first-order valence-electron chi connectivity index (χ1n) is 11.0. The molecular weight excluding hydrogens is 407 g/mol. The SMILES string of the molecule is CCC1[C@@H](COc2ccc(F)cn2)CCCN1C(=O)c1cc(C)ccc1-c1ncccn1. The highest BCUT2D eigenvalue weighted by atomic mass is 19.1. The minimum absolute atomic E-state index is 0.00684. The van der Waals surface area contributed by atoms with Gasteiger partial charge in [0.1, 0.15) is 5.82 Å². The quantitative estimate of drug-likeness (QED) is 0.563. The minimum atomic E-state index is -0.394. The number of likely N-dealkylation sites (tertiary alicyclic amines) is 1. The van der Waals surface area contributed by atoms with Crippen molar-refractivity contribution in [2.75, 3.05) is 13.2 Å². The summed E-state index contributed by atoms with van der Waals surface area (Å²) in [5, 5.41) is 0. The largest absolute Gasteiger partial charge is 0.477 e. The molecule has 3 aromatic rings. The maximum atomic E-state index is 13.7. The highest BCUT2D eigenvalue weighted by Gasteiger charge is 2.35. The van der Waals surface area contributed by atoms with Crippen LogP contribution in [0.2, 0.25) is 0 Å². The first-order chi connectivity index (χ1) is 15.6. The molecule has 0 saturated carbocycles. The Balaban J connectivity index is 1.56. The van der Waals surface area contributed by atoms with E-state index >= 15 is 0 Å². The number of ether oxygens (including phenoxy) is 1. The van der Waals surface area contributed by atoms with Gasteiger partial charge in [-0.25, -0.2) is 19.3 Å². The number of halogens is 1. The predicted molar refractivity (Wildman–Crippen MR) is 120 cm³/mol. The average Bonchev–Trinajstić information content (AvgIpc) is 2.83. The molecule has 0 radical (unpaired) electrons. The zero-order valence-corrected chi connectivity index (χ0v) is 18.4. The van der Waals surface area contributed by atoms with Crippen molar-refractivity contribution < 1.29 is 13.9 Å². The monoisotopic (exact) mass is 434 g/mol. The van der Waals surface area contributed by atoms with E-state index in [0.717, 1.165) is 36.6 Å². The van der Waals surface area contributed by atoms with Gasteiger partial charge < -0.3 is 9.64 Å². The second kappa shape index (κ2) is 9.85. The average molecular weight is 435 g/mol. The topological polar surface area (TPSA) is 68.2 Å². The van der Waals surface area contributed by atoms with Gasteiger partial charge in [0.15, 0.2) is 5.82 Å². The van der Waals surface area contributed by atoms with Crippen molar-refractivity contribution in [1.82, 2.24) is 19.9 Å². The number of pyridine rings is 1. The van der Waals surface area contributed by atoms with Gasteiger partial charge in [-0.3, -0.25) is 4.79 Å². The summed E-state index contributed by atoms with van der Waals surface area (Å²) in [6.07, 6.45) is 7.20. The van der Waals surface area contributed by atoms with Crippen LogP contribution in [0.4, 0.5) is 4.39 Å². The molecule has 6 nitrogen and oxygen atoms in total. The molecule has 0 N–H and O–H groups in total. The van der Waals surface area contributed by atoms with Crippen LogP contribution < -0.4 is 4.74 Å². The molecule has 1 aromatic carbocycles. The number of aryl methyl sites for hydroxylation is 1. The van der Waals surface area contributed by atoms with Crippen LogP contribution in [0.15, 0.2) is 55.0 Å². The fourth-order valence-corrected chi connectivity index (χ4v) is 4.40. The van der Waals surface area contributed by atoms with Gasteiger partial charge in [-0.2, -0.15) is 0 Å². The van der Waals surface area contributed by atoms with Gasteiger partial charge in [-0.15, -0.1) is 0 Å². The van der Waals surface area contributed by atoms with Gasteiger partial charge in [0, 0.05) is 42.5 Å². The Morgan fingerprint density at radius 1 is 1.19 bits per heavy atom. The van der Waals surface area contributed by atoms with E-state index in [4.69, 9.17) is 4.74 Å². The number of benzene rings is 1. The van der Waals surface area contributed by atoms with Crippen LogP contribution in [0.1, 0.15) is 42.1 Å². The summed E-state index contributed by atoms with van der Waals surface area (Å²) in [6, 6.07) is 10.5. The van der Waals surface area contributed by atoms with Gasteiger partial charge in [-0.05, 0) is 44.4 Å². The van der Waals surface area contributed by atoms with Crippen molar-refractivity contribution in [2.45, 2.75) is 39.2 Å². The van der Waals surface area contributed by atoms with Gasteiger partial charge >= 0.3 is 0 Å². The Morgan fingerprint density at radius 2 is 2.00 bits per heavy atom. The van der Waals surface area contributed by atoms with Crippen LogP contribution in [0, 0.1) is 18.7 Å². The van der Waals surface area contributed by atoms with Gasteiger partial charge in [0.05, 0.1) is 18.4 Å². The third-order valence-electron chi connectivity index (χ3n) is 5.96. The molecule has 32 heavy (non-hydrogen) atoms. The predicted octanol–water partition coefficient (Wildman–Crippen LogP) is 4.70. The van der Waals surface area contributed by atoms with Gasteiger partial charge in [-0.1, -0.05) is 24.6 Å². The molecule has 1 saturated heterocycles. The van der Waals surface area contributed by atoms with Crippen molar-refractivity contribution in [2.24, 2.45) is 5.92 Å². The zero-order chi connectivity index (χ0) is 22.5. The Kier molecular flexibility index (Phi) is 6.73. The molecule has 1 unspecified atom stereocenters. The fraction of sp³-hybridized carbons (Fsp3) is 0.360. The summed E-state index contributed by atoms with van der Waals surface area (Å²) in [5.41, 5.74) is 2.38. The Hall–Kier alpha value is -3.35. The molecular formula is C25H27FN4O2. The normalized spacial score (nSPS) is 18.4. The second-order valence-electron chi connectivity index (χ2n) is 8.12. The van der Waals surface area contributed by atoms with E-state index in [1.165, 1.54) is 12.1 Å². The van der Waals surface area contributed by atoms with Crippen LogP contribution in [0.3, 0.4) is 0 Å². The minimum Gasteiger partial charge on any atom is -0.477 e. The summed E-state index contributed by atoms with van der Waals surface area (Å²) in [4.78, 5) is 28.4. The fourth-order valence-electron chi connectivity index (χ4n) is 4.40. The number of amides is 1. The highest BCUT2D eigenvalue weighted by molar-refractivity contribution is 6.00. The molecule has 4 rings (SSSR count). The Labute approximate surface area is 187 Å². The number of hydrogen-bond acceptors (Lipinski definition) is 5. The Bertz CT molecular complexity index is 1060. The molecule has 0 aliphatic carbocycles. The first kappa shape index (κ1) is 21.9. The summed E-state index contributed by atoms with van der Waals surface area (Å²) in [7, 11) is 0. The molecule has 7 heteroatoms. The van der Waals surface area contributed by atoms with Crippen molar-refractivity contribution in [3.63, 3.8) is 0 Å². The van der Waals surface area contributed by atoms with Crippen LogP contribution in [-0.4, -0.2) is 45.0 Å². The standard InChI is InChI=1S/C25H27FN4O2/c1-3-22-18(16-32-23-10-8-19(26)15-29-23)6-4-13-30(22)25(31)21-14-17(2)7-9-20(21)24-27-11-5-12-28-24/h5,7-12,14-15,18,22H,3-4,6,13,16H2,1-2H3/t18-,22?/m1/s1. The number of aromatic nitrogens is 3. The summed E-state index contributed by atoms with van der Waals surface area (Å²) >= 11 is 0. The van der Waals surface area contributed by atoms with E-state index in [0.29, 0.717) is 30.4 Å². The van der Waals surface area contributed by atoms with Gasteiger partial charge in [0.25, 0.3) is 5.91 Å². The number of piperidine rings is 1. The first-order valence-corrected chi connectivity index (χ1v) is 11.0. The van der Waals surface area contributed by atoms with E-state index in [2.05, 4.69) is 21.9 Å². The third kappa shape index (κ3) is 4.77. The lowest BCUT2D eigenvalue weighted by molar-refractivity contribution is 0.0392. The molecule has 3 heterocycles. The summed E-state index contributed by atoms with van der Waals surface area (Å²) in [5.74, 6) is 0.711. The maximum absolute atomic E-state index is 13.7. The smallest absolute Gasteiger partial charge is 0.254 e.